The Kier molecular flexibility index (Phi) is 5.72. The van der Waals surface area contributed by atoms with Crippen LogP contribution in [-0.2, 0) is 4.79 Å². The van der Waals surface area contributed by atoms with Gasteiger partial charge in [0.1, 0.15) is 0 Å². The minimum atomic E-state index is -0.253. The number of hydrogen-bond donors (Lipinski definition) is 1. The van der Waals surface area contributed by atoms with Gasteiger partial charge in [0.15, 0.2) is 0 Å². The summed E-state index contributed by atoms with van der Waals surface area (Å²) in [5.74, 6) is -0.486. The molecule has 0 saturated heterocycles. The second-order valence-electron chi connectivity index (χ2n) is 5.87. The molecule has 0 aliphatic rings. The van der Waals surface area contributed by atoms with E-state index in [4.69, 9.17) is 0 Å². The van der Waals surface area contributed by atoms with Crippen molar-refractivity contribution >= 4 is 33.4 Å². The third-order valence-corrected chi connectivity index (χ3v) is 4.05. The van der Waals surface area contributed by atoms with Gasteiger partial charge in [0.05, 0.1) is 12.1 Å². The minimum absolute atomic E-state index is 0.0297. The number of anilines is 1. The summed E-state index contributed by atoms with van der Waals surface area (Å²) in [7, 11) is 1.59. The van der Waals surface area contributed by atoms with Gasteiger partial charge in [-0.25, -0.2) is 0 Å². The highest BCUT2D eigenvalue weighted by Crippen LogP contribution is 2.21. The molecule has 6 heteroatoms. The predicted molar refractivity (Wildman–Crippen MR) is 98.2 cm³/mol. The molecule has 0 bridgehead atoms. The smallest absolute Gasteiger partial charge is 0.255 e. The van der Waals surface area contributed by atoms with Crippen molar-refractivity contribution in [3.63, 3.8) is 0 Å². The number of likely N-dealkylation sites (N-methyl/N-ethyl adjacent to an activating group) is 1. The van der Waals surface area contributed by atoms with E-state index >= 15 is 0 Å². The Labute approximate surface area is 150 Å². The van der Waals surface area contributed by atoms with Crippen molar-refractivity contribution in [2.45, 2.75) is 20.8 Å². The van der Waals surface area contributed by atoms with Crippen LogP contribution in [0.4, 0.5) is 5.69 Å². The van der Waals surface area contributed by atoms with E-state index in [1.54, 1.807) is 19.3 Å². The molecular weight excluding hydrogens is 370 g/mol. The van der Waals surface area contributed by atoms with E-state index in [0.717, 1.165) is 26.9 Å². The number of halogens is 1. The number of benzene rings is 1. The summed E-state index contributed by atoms with van der Waals surface area (Å²) < 4.78 is 0.720. The first kappa shape index (κ1) is 18.1. The number of aromatic nitrogens is 1. The molecule has 1 aromatic heterocycles. The highest BCUT2D eigenvalue weighted by atomic mass is 79.9. The summed E-state index contributed by atoms with van der Waals surface area (Å²) in [5.41, 5.74) is 4.40. The van der Waals surface area contributed by atoms with Gasteiger partial charge in [0.25, 0.3) is 5.91 Å². The van der Waals surface area contributed by atoms with Gasteiger partial charge in [-0.1, -0.05) is 17.7 Å². The lowest BCUT2D eigenvalue weighted by atomic mass is 10.1. The van der Waals surface area contributed by atoms with Gasteiger partial charge >= 0.3 is 0 Å². The minimum Gasteiger partial charge on any atom is -0.332 e. The molecule has 126 valence electrons. The third kappa shape index (κ3) is 4.41. The molecule has 0 unspecified atom stereocenters. The van der Waals surface area contributed by atoms with Gasteiger partial charge in [-0.3, -0.25) is 14.6 Å². The molecule has 1 aromatic carbocycles. The first-order valence-electron chi connectivity index (χ1n) is 7.51. The molecule has 24 heavy (non-hydrogen) atoms. The average Bonchev–Trinajstić information content (AvgIpc) is 2.50. The number of amides is 2. The summed E-state index contributed by atoms with van der Waals surface area (Å²) in [6.07, 6.45) is 3.09. The van der Waals surface area contributed by atoms with E-state index in [9.17, 15) is 9.59 Å². The maximum atomic E-state index is 12.3. The van der Waals surface area contributed by atoms with Gasteiger partial charge in [-0.15, -0.1) is 0 Å². The molecule has 0 spiro atoms. The number of carbonyl (C=O) groups excluding carboxylic acids is 2. The van der Waals surface area contributed by atoms with Crippen LogP contribution in [0.15, 0.2) is 35.1 Å². The summed E-state index contributed by atoms with van der Waals surface area (Å²) in [4.78, 5) is 30.0. The fourth-order valence-electron chi connectivity index (χ4n) is 2.59. The maximum absolute atomic E-state index is 12.3. The monoisotopic (exact) mass is 389 g/mol. The molecule has 0 aliphatic heterocycles. The van der Waals surface area contributed by atoms with Crippen LogP contribution in [0.5, 0.6) is 0 Å². The first-order valence-corrected chi connectivity index (χ1v) is 8.31. The van der Waals surface area contributed by atoms with E-state index in [1.807, 2.05) is 32.9 Å². The van der Waals surface area contributed by atoms with E-state index in [0.29, 0.717) is 5.56 Å². The zero-order valence-corrected chi connectivity index (χ0v) is 15.8. The van der Waals surface area contributed by atoms with Gasteiger partial charge < -0.3 is 10.2 Å². The van der Waals surface area contributed by atoms with Crippen LogP contribution in [0.2, 0.25) is 0 Å². The van der Waals surface area contributed by atoms with E-state index in [2.05, 4.69) is 26.2 Å². The van der Waals surface area contributed by atoms with Crippen molar-refractivity contribution in [1.82, 2.24) is 9.88 Å². The van der Waals surface area contributed by atoms with Crippen LogP contribution in [-0.4, -0.2) is 35.3 Å². The second kappa shape index (κ2) is 7.57. The van der Waals surface area contributed by atoms with Crippen LogP contribution in [0.25, 0.3) is 0 Å². The predicted octanol–water partition coefficient (Wildman–Crippen LogP) is 3.48. The molecule has 2 aromatic rings. The Hall–Kier alpha value is -2.21. The Balaban J connectivity index is 2.06. The normalized spacial score (nSPS) is 10.4. The lowest BCUT2D eigenvalue weighted by molar-refractivity contribution is -0.116. The third-order valence-electron chi connectivity index (χ3n) is 3.62. The maximum Gasteiger partial charge on any atom is 0.255 e. The van der Waals surface area contributed by atoms with E-state index < -0.39 is 0 Å². The topological polar surface area (TPSA) is 62.3 Å². The second-order valence-corrected chi connectivity index (χ2v) is 6.79. The highest BCUT2D eigenvalue weighted by molar-refractivity contribution is 9.10. The zero-order chi connectivity index (χ0) is 17.9. The summed E-state index contributed by atoms with van der Waals surface area (Å²) in [5, 5.41) is 2.90. The van der Waals surface area contributed by atoms with Gasteiger partial charge in [0.2, 0.25) is 5.91 Å². The van der Waals surface area contributed by atoms with Crippen molar-refractivity contribution in [2.75, 3.05) is 18.9 Å². The highest BCUT2D eigenvalue weighted by Gasteiger charge is 2.16. The van der Waals surface area contributed by atoms with Crippen molar-refractivity contribution in [2.24, 2.45) is 0 Å². The number of pyridine rings is 1. The van der Waals surface area contributed by atoms with Crippen molar-refractivity contribution in [1.29, 1.82) is 0 Å². The SMILES string of the molecule is Cc1cc(C)c(NC(=O)CN(C)C(=O)c2cncc(Br)c2)c(C)c1. The molecule has 2 rings (SSSR count). The molecule has 2 amide bonds. The Morgan fingerprint density at radius 3 is 2.33 bits per heavy atom. The number of nitrogens with zero attached hydrogens (tertiary/aromatic N) is 2. The molecule has 1 N–H and O–H groups in total. The number of carbonyl (C=O) groups is 2. The standard InChI is InChI=1S/C18H20BrN3O2/c1-11-5-12(2)17(13(3)6-11)21-16(23)10-22(4)18(24)14-7-15(19)9-20-8-14/h5-9H,10H2,1-4H3,(H,21,23). The fourth-order valence-corrected chi connectivity index (χ4v) is 2.96. The number of hydrogen-bond acceptors (Lipinski definition) is 3. The van der Waals surface area contributed by atoms with E-state index in [-0.39, 0.29) is 18.4 Å². The zero-order valence-electron chi connectivity index (χ0n) is 14.2. The quantitative estimate of drug-likeness (QED) is 0.870. The van der Waals surface area contributed by atoms with Crippen molar-refractivity contribution < 1.29 is 9.59 Å². The summed E-state index contributed by atoms with van der Waals surface area (Å²) in [6, 6.07) is 5.72. The van der Waals surface area contributed by atoms with Crippen LogP contribution in [0.3, 0.4) is 0 Å². The lowest BCUT2D eigenvalue weighted by Gasteiger charge is -2.18. The molecule has 0 atom stereocenters. The first-order chi connectivity index (χ1) is 11.3. The van der Waals surface area contributed by atoms with Crippen molar-refractivity contribution in [3.8, 4) is 0 Å². The van der Waals surface area contributed by atoms with Crippen molar-refractivity contribution in [3.05, 3.63) is 57.3 Å². The number of aryl methyl sites for hydroxylation is 3. The molecular formula is C18H20BrN3O2. The van der Waals surface area contributed by atoms with Gasteiger partial charge in [-0.05, 0) is 53.9 Å². The average molecular weight is 390 g/mol. The lowest BCUT2D eigenvalue weighted by Crippen LogP contribution is -2.35. The Morgan fingerprint density at radius 2 is 1.75 bits per heavy atom. The van der Waals surface area contributed by atoms with Crippen LogP contribution < -0.4 is 5.32 Å². The largest absolute Gasteiger partial charge is 0.332 e. The molecule has 0 aliphatic carbocycles. The number of rotatable bonds is 4. The van der Waals surface area contributed by atoms with E-state index in [1.165, 1.54) is 11.1 Å². The molecule has 0 radical (unpaired) electrons. The Bertz CT molecular complexity index is 767. The summed E-state index contributed by atoms with van der Waals surface area (Å²) in [6.45, 7) is 5.90. The van der Waals surface area contributed by atoms with Gasteiger partial charge in [0, 0.05) is 29.6 Å². The molecule has 0 fully saturated rings. The summed E-state index contributed by atoms with van der Waals surface area (Å²) >= 11 is 3.28. The molecule has 1 heterocycles. The molecule has 0 saturated carbocycles. The van der Waals surface area contributed by atoms with Crippen LogP contribution in [0.1, 0.15) is 27.0 Å². The fraction of sp³-hybridized carbons (Fsp3) is 0.278. The van der Waals surface area contributed by atoms with Gasteiger partial charge in [-0.2, -0.15) is 0 Å². The molecule has 5 nitrogen and oxygen atoms in total. The van der Waals surface area contributed by atoms with Crippen LogP contribution >= 0.6 is 15.9 Å². The Morgan fingerprint density at radius 1 is 1.12 bits per heavy atom. The van der Waals surface area contributed by atoms with Crippen LogP contribution in [0, 0.1) is 20.8 Å². The number of nitrogens with one attached hydrogen (secondary N) is 1.